The quantitative estimate of drug-likeness (QED) is 0.921. The Balaban J connectivity index is 1.62. The Kier molecular flexibility index (Phi) is 4.68. The predicted octanol–water partition coefficient (Wildman–Crippen LogP) is 2.19. The molecule has 0 fully saturated rings. The van der Waals surface area contributed by atoms with Crippen LogP contribution < -0.4 is 4.74 Å². The van der Waals surface area contributed by atoms with E-state index in [0.29, 0.717) is 17.9 Å². The van der Waals surface area contributed by atoms with E-state index < -0.39 is 0 Å². The van der Waals surface area contributed by atoms with Gasteiger partial charge in [-0.25, -0.2) is 5.01 Å². The van der Waals surface area contributed by atoms with Gasteiger partial charge in [0, 0.05) is 12.0 Å². The Morgan fingerprint density at radius 2 is 1.87 bits per heavy atom. The molecule has 0 saturated heterocycles. The maximum absolute atomic E-state index is 12.2. The Bertz CT molecular complexity index is 713. The van der Waals surface area contributed by atoms with E-state index in [1.54, 1.807) is 18.2 Å². The van der Waals surface area contributed by atoms with Crippen molar-refractivity contribution in [2.24, 2.45) is 5.10 Å². The third-order valence-electron chi connectivity index (χ3n) is 3.69. The van der Waals surface area contributed by atoms with Gasteiger partial charge in [-0.1, -0.05) is 48.5 Å². The van der Waals surface area contributed by atoms with Gasteiger partial charge >= 0.3 is 0 Å². The summed E-state index contributed by atoms with van der Waals surface area (Å²) in [6.07, 6.45) is 0.739. The smallest absolute Gasteiger partial charge is 0.280 e. The van der Waals surface area contributed by atoms with Gasteiger partial charge in [0.05, 0.1) is 18.9 Å². The first-order chi connectivity index (χ1) is 11.3. The molecule has 2 aromatic carbocycles. The van der Waals surface area contributed by atoms with Gasteiger partial charge < -0.3 is 9.84 Å². The van der Waals surface area contributed by atoms with Crippen molar-refractivity contribution in [2.45, 2.75) is 13.0 Å². The summed E-state index contributed by atoms with van der Waals surface area (Å²) in [5.74, 6) is 0.332. The summed E-state index contributed by atoms with van der Waals surface area (Å²) in [5, 5.41) is 15.1. The normalized spacial score (nSPS) is 13.8. The second-order valence-electron chi connectivity index (χ2n) is 5.23. The highest BCUT2D eigenvalue weighted by atomic mass is 16.5. The maximum atomic E-state index is 12.2. The van der Waals surface area contributed by atoms with E-state index in [0.717, 1.165) is 17.7 Å². The molecule has 5 heteroatoms. The van der Waals surface area contributed by atoms with E-state index in [2.05, 4.69) is 5.10 Å². The third-order valence-corrected chi connectivity index (χ3v) is 3.69. The van der Waals surface area contributed by atoms with Gasteiger partial charge in [0.15, 0.2) is 6.61 Å². The molecular weight excluding hydrogens is 292 g/mol. The Labute approximate surface area is 134 Å². The van der Waals surface area contributed by atoms with Crippen LogP contribution in [0.15, 0.2) is 59.7 Å². The minimum Gasteiger partial charge on any atom is -0.483 e. The zero-order chi connectivity index (χ0) is 16.1. The average molecular weight is 310 g/mol. The number of carbonyl (C=O) groups excluding carboxylic acids is 1. The topological polar surface area (TPSA) is 62.1 Å². The van der Waals surface area contributed by atoms with Crippen LogP contribution in [0, 0.1) is 0 Å². The van der Waals surface area contributed by atoms with E-state index in [1.807, 2.05) is 36.4 Å². The predicted molar refractivity (Wildman–Crippen MR) is 87.2 cm³/mol. The molecule has 0 radical (unpaired) electrons. The fourth-order valence-electron chi connectivity index (χ4n) is 2.46. The average Bonchev–Trinajstić information content (AvgIpc) is 3.11. The molecular formula is C18H18N2O3. The Morgan fingerprint density at radius 3 is 2.65 bits per heavy atom. The third kappa shape index (κ3) is 3.57. The summed E-state index contributed by atoms with van der Waals surface area (Å²) in [7, 11) is 0. The molecule has 1 amide bonds. The van der Waals surface area contributed by atoms with Crippen molar-refractivity contribution in [3.8, 4) is 5.75 Å². The van der Waals surface area contributed by atoms with Crippen LogP contribution in [0.3, 0.4) is 0 Å². The summed E-state index contributed by atoms with van der Waals surface area (Å²) in [4.78, 5) is 12.2. The lowest BCUT2D eigenvalue weighted by molar-refractivity contribution is -0.132. The van der Waals surface area contributed by atoms with Gasteiger partial charge in [0.25, 0.3) is 5.91 Å². The summed E-state index contributed by atoms with van der Waals surface area (Å²) in [6.45, 7) is 0.348. The molecule has 3 rings (SSSR count). The van der Waals surface area contributed by atoms with Crippen molar-refractivity contribution in [1.29, 1.82) is 0 Å². The largest absolute Gasteiger partial charge is 0.483 e. The van der Waals surface area contributed by atoms with Crippen LogP contribution in [0.2, 0.25) is 0 Å². The second kappa shape index (κ2) is 7.07. The molecule has 0 aliphatic carbocycles. The van der Waals surface area contributed by atoms with E-state index in [-0.39, 0.29) is 19.1 Å². The first kappa shape index (κ1) is 15.2. The van der Waals surface area contributed by atoms with Crippen LogP contribution in [-0.2, 0) is 11.4 Å². The van der Waals surface area contributed by atoms with Gasteiger partial charge in [-0.15, -0.1) is 0 Å². The summed E-state index contributed by atoms with van der Waals surface area (Å²) < 4.78 is 5.52. The standard InChI is InChI=1S/C18H18N2O3/c21-12-15-8-4-5-9-17(15)23-13-18(22)20-11-10-16(19-20)14-6-2-1-3-7-14/h1-9,21H,10-13H2. The minimum atomic E-state index is -0.191. The zero-order valence-corrected chi connectivity index (χ0v) is 12.7. The molecule has 0 spiro atoms. The number of para-hydroxylation sites is 1. The summed E-state index contributed by atoms with van der Waals surface area (Å²) >= 11 is 0. The molecule has 0 saturated carbocycles. The maximum Gasteiger partial charge on any atom is 0.280 e. The van der Waals surface area contributed by atoms with Gasteiger partial charge in [-0.3, -0.25) is 4.79 Å². The van der Waals surface area contributed by atoms with Crippen LogP contribution in [0.5, 0.6) is 5.75 Å². The monoisotopic (exact) mass is 310 g/mol. The van der Waals surface area contributed by atoms with Crippen LogP contribution in [-0.4, -0.2) is 34.9 Å². The number of amides is 1. The van der Waals surface area contributed by atoms with Crippen LogP contribution in [0.4, 0.5) is 0 Å². The zero-order valence-electron chi connectivity index (χ0n) is 12.7. The first-order valence-corrected chi connectivity index (χ1v) is 7.53. The van der Waals surface area contributed by atoms with Gasteiger partial charge in [-0.2, -0.15) is 5.10 Å². The minimum absolute atomic E-state index is 0.0947. The highest BCUT2D eigenvalue weighted by molar-refractivity contribution is 6.02. The molecule has 0 bridgehead atoms. The van der Waals surface area contributed by atoms with Crippen molar-refractivity contribution in [3.63, 3.8) is 0 Å². The van der Waals surface area contributed by atoms with Gasteiger partial charge in [0.2, 0.25) is 0 Å². The number of benzene rings is 2. The number of hydrogen-bond donors (Lipinski definition) is 1. The number of carbonyl (C=O) groups is 1. The van der Waals surface area contributed by atoms with E-state index in [9.17, 15) is 9.90 Å². The SMILES string of the molecule is O=C(COc1ccccc1CO)N1CCC(c2ccccc2)=N1. The fourth-order valence-corrected chi connectivity index (χ4v) is 2.46. The molecule has 2 aromatic rings. The highest BCUT2D eigenvalue weighted by Gasteiger charge is 2.22. The Morgan fingerprint density at radius 1 is 1.13 bits per heavy atom. The van der Waals surface area contributed by atoms with Crippen molar-refractivity contribution >= 4 is 11.6 Å². The molecule has 0 unspecified atom stereocenters. The number of aliphatic hydroxyl groups excluding tert-OH is 1. The summed E-state index contributed by atoms with van der Waals surface area (Å²) in [6, 6.07) is 17.0. The van der Waals surface area contributed by atoms with E-state index in [1.165, 1.54) is 5.01 Å². The molecule has 5 nitrogen and oxygen atoms in total. The number of hydrazone groups is 1. The highest BCUT2D eigenvalue weighted by Crippen LogP contribution is 2.18. The van der Waals surface area contributed by atoms with Crippen LogP contribution in [0.25, 0.3) is 0 Å². The van der Waals surface area contributed by atoms with Crippen molar-refractivity contribution < 1.29 is 14.6 Å². The Hall–Kier alpha value is -2.66. The number of aliphatic hydroxyl groups is 1. The molecule has 1 aliphatic heterocycles. The molecule has 23 heavy (non-hydrogen) atoms. The molecule has 1 aliphatic rings. The van der Waals surface area contributed by atoms with Crippen molar-refractivity contribution in [2.75, 3.05) is 13.2 Å². The van der Waals surface area contributed by atoms with E-state index in [4.69, 9.17) is 4.74 Å². The number of hydrogen-bond acceptors (Lipinski definition) is 4. The van der Waals surface area contributed by atoms with Gasteiger partial charge in [0.1, 0.15) is 5.75 Å². The lowest BCUT2D eigenvalue weighted by Gasteiger charge is -2.13. The molecule has 0 aromatic heterocycles. The van der Waals surface area contributed by atoms with Crippen LogP contribution in [0.1, 0.15) is 17.5 Å². The first-order valence-electron chi connectivity index (χ1n) is 7.53. The molecule has 0 atom stereocenters. The van der Waals surface area contributed by atoms with Crippen molar-refractivity contribution in [3.05, 3.63) is 65.7 Å². The fraction of sp³-hybridized carbons (Fsp3) is 0.222. The van der Waals surface area contributed by atoms with Crippen molar-refractivity contribution in [1.82, 2.24) is 5.01 Å². The molecule has 1 heterocycles. The number of nitrogens with zero attached hydrogens (tertiary/aromatic N) is 2. The number of ether oxygens (including phenoxy) is 1. The molecule has 1 N–H and O–H groups in total. The number of rotatable bonds is 5. The summed E-state index contributed by atoms with van der Waals surface area (Å²) in [5.41, 5.74) is 2.61. The van der Waals surface area contributed by atoms with E-state index >= 15 is 0 Å². The lowest BCUT2D eigenvalue weighted by Crippen LogP contribution is -2.29. The second-order valence-corrected chi connectivity index (χ2v) is 5.23. The van der Waals surface area contributed by atoms with Gasteiger partial charge in [-0.05, 0) is 11.6 Å². The lowest BCUT2D eigenvalue weighted by atomic mass is 10.1. The van der Waals surface area contributed by atoms with Crippen LogP contribution >= 0.6 is 0 Å². The molecule has 118 valence electrons.